The predicted molar refractivity (Wildman–Crippen MR) is 177 cm³/mol. The minimum atomic E-state index is -0.561. The summed E-state index contributed by atoms with van der Waals surface area (Å²) in [5.41, 5.74) is 3.53. The predicted octanol–water partition coefficient (Wildman–Crippen LogP) is 8.74. The van der Waals surface area contributed by atoms with Gasteiger partial charge in [0.1, 0.15) is 0 Å². The van der Waals surface area contributed by atoms with Crippen LogP contribution in [0, 0.1) is 35.5 Å². The molecule has 0 amide bonds. The molecule has 1 aromatic carbocycles. The van der Waals surface area contributed by atoms with E-state index in [4.69, 9.17) is 14.6 Å². The van der Waals surface area contributed by atoms with E-state index in [-0.39, 0.29) is 24.1 Å². The molecule has 0 saturated heterocycles. The van der Waals surface area contributed by atoms with Crippen molar-refractivity contribution < 1.29 is 24.2 Å². The Kier molecular flexibility index (Phi) is 13.6. The molecule has 0 spiro atoms. The minimum absolute atomic E-state index is 0.0609. The van der Waals surface area contributed by atoms with Crippen molar-refractivity contribution in [2.24, 2.45) is 35.5 Å². The summed E-state index contributed by atoms with van der Waals surface area (Å²) >= 11 is 0. The molecule has 3 aliphatic carbocycles. The van der Waals surface area contributed by atoms with Crippen LogP contribution in [0.4, 0.5) is 0 Å². The maximum absolute atomic E-state index is 12.1. The van der Waals surface area contributed by atoms with Gasteiger partial charge in [-0.2, -0.15) is 0 Å². The zero-order valence-electron chi connectivity index (χ0n) is 27.6. The summed E-state index contributed by atoms with van der Waals surface area (Å²) in [6.45, 7) is 11.4. The van der Waals surface area contributed by atoms with Crippen molar-refractivity contribution in [3.05, 3.63) is 59.7 Å². The fourth-order valence-electron chi connectivity index (χ4n) is 8.51. The molecule has 5 nitrogen and oxygen atoms in total. The summed E-state index contributed by atoms with van der Waals surface area (Å²) < 4.78 is 10.9. The van der Waals surface area contributed by atoms with E-state index in [2.05, 4.69) is 44.3 Å². The Morgan fingerprint density at radius 1 is 0.841 bits per heavy atom. The monoisotopic (exact) mass is 606 g/mol. The number of hydrogen-bond donors (Lipinski definition) is 1. The van der Waals surface area contributed by atoms with E-state index in [1.54, 1.807) is 12.5 Å². The van der Waals surface area contributed by atoms with Crippen molar-refractivity contribution in [1.29, 1.82) is 0 Å². The Bertz CT molecular complexity index is 1080. The van der Waals surface area contributed by atoms with Gasteiger partial charge >= 0.3 is 11.9 Å². The number of fused-ring (bicyclic) bond motifs is 1. The van der Waals surface area contributed by atoms with Crippen LogP contribution >= 0.6 is 0 Å². The van der Waals surface area contributed by atoms with Crippen molar-refractivity contribution in [2.45, 2.75) is 116 Å². The first kappa shape index (κ1) is 34.5. The molecule has 4 rings (SSSR count). The summed E-state index contributed by atoms with van der Waals surface area (Å²) in [6.07, 6.45) is 18.8. The molecule has 0 aromatic heterocycles. The van der Waals surface area contributed by atoms with E-state index in [9.17, 15) is 9.59 Å². The number of ether oxygens (including phenoxy) is 2. The van der Waals surface area contributed by atoms with E-state index in [0.717, 1.165) is 42.4 Å². The van der Waals surface area contributed by atoms with Gasteiger partial charge in [0.25, 0.3) is 0 Å². The number of aliphatic hydroxyl groups is 1. The van der Waals surface area contributed by atoms with E-state index < -0.39 is 12.6 Å². The molecule has 3 aliphatic rings. The molecule has 0 aliphatic heterocycles. The molecule has 5 heteroatoms. The minimum Gasteiger partial charge on any atom is -0.462 e. The molecule has 5 atom stereocenters. The number of unbranched alkanes of at least 4 members (excludes halogenated alkanes) is 2. The quantitative estimate of drug-likeness (QED) is 0.123. The van der Waals surface area contributed by atoms with Gasteiger partial charge in [-0.25, -0.2) is 9.59 Å². The highest BCUT2D eigenvalue weighted by Gasteiger charge is 2.40. The van der Waals surface area contributed by atoms with Crippen LogP contribution in [-0.2, 0) is 25.5 Å². The smallest absolute Gasteiger partial charge is 0.335 e. The van der Waals surface area contributed by atoms with Gasteiger partial charge in [-0.15, -0.1) is 0 Å². The SMILES string of the molecule is C=C(C)C(=O)OCC(CCOC(=O)C(=C)CO)C1CCC(C2CCC3CC(c4ccc(CCCCC)cc4)CCC3C2)CC1. The van der Waals surface area contributed by atoms with E-state index >= 15 is 0 Å². The molecular weight excluding hydrogens is 548 g/mol. The maximum atomic E-state index is 12.1. The van der Waals surface area contributed by atoms with Gasteiger partial charge in [0, 0.05) is 5.57 Å². The summed E-state index contributed by atoms with van der Waals surface area (Å²) in [5, 5.41) is 9.14. The van der Waals surface area contributed by atoms with Gasteiger partial charge in [0.05, 0.1) is 25.4 Å². The van der Waals surface area contributed by atoms with Crippen LogP contribution < -0.4 is 0 Å². The first-order valence-corrected chi connectivity index (χ1v) is 17.7. The Hall–Kier alpha value is -2.40. The fraction of sp³-hybridized carbons (Fsp3) is 0.692. The number of benzene rings is 1. The molecule has 3 fully saturated rings. The molecule has 244 valence electrons. The lowest BCUT2D eigenvalue weighted by atomic mass is 9.60. The van der Waals surface area contributed by atoms with E-state index in [0.29, 0.717) is 24.5 Å². The lowest BCUT2D eigenvalue weighted by Gasteiger charge is -2.46. The topological polar surface area (TPSA) is 72.8 Å². The van der Waals surface area contributed by atoms with Crippen LogP contribution in [-0.4, -0.2) is 36.9 Å². The van der Waals surface area contributed by atoms with Crippen molar-refractivity contribution in [2.75, 3.05) is 19.8 Å². The lowest BCUT2D eigenvalue weighted by molar-refractivity contribution is -0.144. The van der Waals surface area contributed by atoms with Crippen LogP contribution in [0.5, 0.6) is 0 Å². The number of rotatable bonds is 15. The number of carbonyl (C=O) groups is 2. The van der Waals surface area contributed by atoms with Crippen molar-refractivity contribution in [1.82, 2.24) is 0 Å². The summed E-state index contributed by atoms with van der Waals surface area (Å²) in [7, 11) is 0. The maximum Gasteiger partial charge on any atom is 0.335 e. The summed E-state index contributed by atoms with van der Waals surface area (Å²) in [5.74, 6) is 3.85. The highest BCUT2D eigenvalue weighted by Crippen LogP contribution is 2.51. The Morgan fingerprint density at radius 2 is 1.48 bits per heavy atom. The molecular formula is C39H58O5. The molecule has 44 heavy (non-hydrogen) atoms. The molecule has 1 aromatic rings. The van der Waals surface area contributed by atoms with Crippen LogP contribution in [0.3, 0.4) is 0 Å². The van der Waals surface area contributed by atoms with E-state index in [1.807, 2.05) is 0 Å². The molecule has 0 heterocycles. The standard InChI is InChI=1S/C39H58O5/c1-5-6-7-8-29-9-11-30(12-10-29)33-17-19-36-24-34(18-20-35(36)23-33)31-13-15-32(16-14-31)37(26-44-38(41)27(2)3)21-22-43-39(42)28(4)25-40/h9-12,31-37,40H,2,4-8,13-26H2,1,3H3. The number of esters is 2. The Morgan fingerprint density at radius 3 is 2.14 bits per heavy atom. The molecule has 0 radical (unpaired) electrons. The van der Waals surface area contributed by atoms with Gasteiger partial charge < -0.3 is 14.6 Å². The lowest BCUT2D eigenvalue weighted by Crippen LogP contribution is -2.35. The second kappa shape index (κ2) is 17.3. The Balaban J connectivity index is 1.24. The molecule has 0 bridgehead atoms. The van der Waals surface area contributed by atoms with Crippen molar-refractivity contribution in [3.63, 3.8) is 0 Å². The molecule has 3 saturated carbocycles. The second-order valence-electron chi connectivity index (χ2n) is 14.3. The second-order valence-corrected chi connectivity index (χ2v) is 14.3. The van der Waals surface area contributed by atoms with Crippen molar-refractivity contribution >= 4 is 11.9 Å². The van der Waals surface area contributed by atoms with Crippen LogP contribution in [0.1, 0.15) is 121 Å². The van der Waals surface area contributed by atoms with Gasteiger partial charge in [0.2, 0.25) is 0 Å². The third-order valence-electron chi connectivity index (χ3n) is 11.3. The number of carbonyl (C=O) groups excluding carboxylic acids is 2. The third-order valence-corrected chi connectivity index (χ3v) is 11.3. The average Bonchev–Trinajstić information content (AvgIpc) is 3.05. The third kappa shape index (κ3) is 9.80. The number of hydrogen-bond acceptors (Lipinski definition) is 5. The van der Waals surface area contributed by atoms with Gasteiger partial charge in [-0.1, -0.05) is 57.2 Å². The van der Waals surface area contributed by atoms with Crippen LogP contribution in [0.2, 0.25) is 0 Å². The van der Waals surface area contributed by atoms with Crippen molar-refractivity contribution in [3.8, 4) is 0 Å². The summed E-state index contributed by atoms with van der Waals surface area (Å²) in [4.78, 5) is 24.1. The largest absolute Gasteiger partial charge is 0.462 e. The van der Waals surface area contributed by atoms with Crippen LogP contribution in [0.25, 0.3) is 0 Å². The van der Waals surface area contributed by atoms with Gasteiger partial charge in [0.15, 0.2) is 0 Å². The fourth-order valence-corrected chi connectivity index (χ4v) is 8.51. The summed E-state index contributed by atoms with van der Waals surface area (Å²) in [6, 6.07) is 9.64. The number of aliphatic hydroxyl groups excluding tert-OH is 1. The molecule has 1 N–H and O–H groups in total. The first-order chi connectivity index (χ1) is 21.3. The Labute approximate surface area is 266 Å². The molecule has 5 unspecified atom stereocenters. The average molecular weight is 607 g/mol. The number of aryl methyl sites for hydroxylation is 1. The highest BCUT2D eigenvalue weighted by molar-refractivity contribution is 5.88. The normalized spacial score (nSPS) is 27.5. The highest BCUT2D eigenvalue weighted by atomic mass is 16.5. The van der Waals surface area contributed by atoms with Gasteiger partial charge in [-0.3, -0.25) is 0 Å². The van der Waals surface area contributed by atoms with E-state index in [1.165, 1.54) is 82.6 Å². The van der Waals surface area contributed by atoms with Gasteiger partial charge in [-0.05, 0) is 143 Å². The van der Waals surface area contributed by atoms with Crippen LogP contribution in [0.15, 0.2) is 48.6 Å². The first-order valence-electron chi connectivity index (χ1n) is 17.7. The zero-order chi connectivity index (χ0) is 31.5. The zero-order valence-corrected chi connectivity index (χ0v) is 27.6.